The first-order chi connectivity index (χ1) is 23.3. The van der Waals surface area contributed by atoms with Gasteiger partial charge in [-0.1, -0.05) is 18.2 Å². The Balaban J connectivity index is 0.00000562. The van der Waals surface area contributed by atoms with Crippen LogP contribution in [-0.4, -0.2) is 69.0 Å². The number of rotatable bonds is 16. The number of hydrogen-bond acceptors (Lipinski definition) is 8. The molecule has 1 atom stereocenters. The Morgan fingerprint density at radius 1 is 1.14 bits per heavy atom. The first kappa shape index (κ1) is 39.5. The predicted molar refractivity (Wildman–Crippen MR) is 202 cm³/mol. The van der Waals surface area contributed by atoms with Crippen LogP contribution in [0.1, 0.15) is 101 Å². The number of hydrogen-bond donors (Lipinski definition) is 0. The van der Waals surface area contributed by atoms with Crippen molar-refractivity contribution in [3.8, 4) is 0 Å². The molecule has 0 unspecified atom stereocenters. The number of allylic oxidation sites excluding steroid dienone is 1. The fraction of sp³-hybridized carbons (Fsp3) is 0.564. The van der Waals surface area contributed by atoms with Gasteiger partial charge in [-0.3, -0.25) is 4.90 Å². The third-order valence-corrected chi connectivity index (χ3v) is 9.35. The standard InChI is InChI=1S/C39H54FN5O4.H2S/c1-9-12-13-28-23-30(40)15-14-29(28)25-44(32-16-17-32)26-31-24-33-41-27(4)34(35(37(46)47-11-3)49-38(5,6)7)36(45(33)42-31)43-20-18-39(8,19-21-43)48-22-10-2;/h9-10,14-15,23-24,32,35H,1-2,11-13,16-22,25-26H2,3-8H3;1H2/t35-;/m0./s1. The number of aryl methyl sites for hydroxylation is 2. The summed E-state index contributed by atoms with van der Waals surface area (Å²) in [4.78, 5) is 23.3. The topological polar surface area (TPSA) is 81.4 Å². The van der Waals surface area contributed by atoms with Crippen LogP contribution < -0.4 is 4.90 Å². The SMILES string of the molecule is C=CCCc1cc(F)ccc1CN(Cc1cc2nc(C)c([C@H](OC(C)(C)C)C(=O)OCC)c(N3CCC(C)(OCC=C)CC3)n2n1)C1CC1.S. The van der Waals surface area contributed by atoms with Gasteiger partial charge in [0.05, 0.1) is 35.7 Å². The van der Waals surface area contributed by atoms with Gasteiger partial charge in [-0.2, -0.15) is 23.1 Å². The maximum Gasteiger partial charge on any atom is 0.340 e. The molecule has 274 valence electrons. The van der Waals surface area contributed by atoms with Gasteiger partial charge < -0.3 is 19.1 Å². The number of aromatic nitrogens is 3. The molecule has 0 N–H and O–H groups in total. The van der Waals surface area contributed by atoms with Crippen molar-refractivity contribution in [3.05, 3.63) is 83.5 Å². The summed E-state index contributed by atoms with van der Waals surface area (Å²) in [5.41, 5.74) is 4.20. The van der Waals surface area contributed by atoms with E-state index in [1.54, 1.807) is 25.1 Å². The highest BCUT2D eigenvalue weighted by Gasteiger charge is 2.38. The van der Waals surface area contributed by atoms with Crippen molar-refractivity contribution in [1.29, 1.82) is 0 Å². The van der Waals surface area contributed by atoms with E-state index in [0.717, 1.165) is 61.2 Å². The fourth-order valence-corrected chi connectivity index (χ4v) is 6.66. The van der Waals surface area contributed by atoms with Crippen molar-refractivity contribution >= 4 is 30.9 Å². The van der Waals surface area contributed by atoms with E-state index in [0.29, 0.717) is 55.7 Å². The molecule has 1 saturated carbocycles. The van der Waals surface area contributed by atoms with Gasteiger partial charge in [-0.25, -0.2) is 14.2 Å². The molecular weight excluding hydrogens is 654 g/mol. The van der Waals surface area contributed by atoms with Crippen molar-refractivity contribution in [1.82, 2.24) is 19.5 Å². The largest absolute Gasteiger partial charge is 0.464 e. The van der Waals surface area contributed by atoms with E-state index in [-0.39, 0.29) is 31.5 Å². The molecule has 2 aliphatic rings. The van der Waals surface area contributed by atoms with Crippen molar-refractivity contribution in [2.75, 3.05) is 31.2 Å². The second-order valence-corrected chi connectivity index (χ2v) is 14.6. The minimum absolute atomic E-state index is 0. The summed E-state index contributed by atoms with van der Waals surface area (Å²) in [7, 11) is 0. The van der Waals surface area contributed by atoms with Crippen LogP contribution >= 0.6 is 13.5 Å². The van der Waals surface area contributed by atoms with Crippen molar-refractivity contribution < 1.29 is 23.4 Å². The Labute approximate surface area is 304 Å². The van der Waals surface area contributed by atoms with Crippen LogP contribution in [0.4, 0.5) is 10.2 Å². The van der Waals surface area contributed by atoms with Crippen LogP contribution in [0.3, 0.4) is 0 Å². The quantitative estimate of drug-likeness (QED) is 0.111. The zero-order chi connectivity index (χ0) is 35.3. The Kier molecular flexibility index (Phi) is 13.3. The Morgan fingerprint density at radius 2 is 1.86 bits per heavy atom. The maximum atomic E-state index is 14.2. The Hall–Kier alpha value is -3.25. The van der Waals surface area contributed by atoms with Gasteiger partial charge in [0.1, 0.15) is 11.6 Å². The van der Waals surface area contributed by atoms with Crippen LogP contribution in [0.2, 0.25) is 0 Å². The van der Waals surface area contributed by atoms with Gasteiger partial charge in [0, 0.05) is 44.0 Å². The second kappa shape index (κ2) is 16.8. The zero-order valence-electron chi connectivity index (χ0n) is 30.8. The molecule has 1 aromatic carbocycles. The molecule has 3 heterocycles. The molecule has 2 fully saturated rings. The van der Waals surface area contributed by atoms with Gasteiger partial charge >= 0.3 is 5.97 Å². The number of carbonyl (C=O) groups is 1. The van der Waals surface area contributed by atoms with Gasteiger partial charge in [-0.05, 0) is 103 Å². The van der Waals surface area contributed by atoms with Gasteiger partial charge in [0.2, 0.25) is 0 Å². The summed E-state index contributed by atoms with van der Waals surface area (Å²) < 4.78 is 34.3. The number of anilines is 1. The molecule has 9 nitrogen and oxygen atoms in total. The monoisotopic (exact) mass is 709 g/mol. The minimum Gasteiger partial charge on any atom is -0.464 e. The molecule has 1 saturated heterocycles. The van der Waals surface area contributed by atoms with Crippen LogP contribution in [0.25, 0.3) is 5.65 Å². The summed E-state index contributed by atoms with van der Waals surface area (Å²) in [6, 6.07) is 7.60. The van der Waals surface area contributed by atoms with E-state index >= 15 is 0 Å². The highest BCUT2D eigenvalue weighted by molar-refractivity contribution is 7.59. The maximum absolute atomic E-state index is 14.2. The smallest absolute Gasteiger partial charge is 0.340 e. The molecule has 0 amide bonds. The van der Waals surface area contributed by atoms with Crippen LogP contribution in [0, 0.1) is 12.7 Å². The number of benzene rings is 1. The highest BCUT2D eigenvalue weighted by Crippen LogP contribution is 2.39. The van der Waals surface area contributed by atoms with Crippen LogP contribution in [0.5, 0.6) is 0 Å². The van der Waals surface area contributed by atoms with Gasteiger partial charge in [-0.15, -0.1) is 13.2 Å². The summed E-state index contributed by atoms with van der Waals surface area (Å²) in [5.74, 6) is 0.135. The van der Waals surface area contributed by atoms with Crippen LogP contribution in [-0.2, 0) is 38.5 Å². The Morgan fingerprint density at radius 3 is 2.48 bits per heavy atom. The molecule has 1 aliphatic heterocycles. The lowest BCUT2D eigenvalue weighted by atomic mass is 9.92. The number of halogens is 1. The second-order valence-electron chi connectivity index (χ2n) is 14.6. The van der Waals surface area contributed by atoms with Gasteiger partial charge in [0.25, 0.3) is 0 Å². The third-order valence-electron chi connectivity index (χ3n) is 9.35. The number of piperidine rings is 1. The third kappa shape index (κ3) is 9.75. The number of esters is 1. The van der Waals surface area contributed by atoms with Gasteiger partial charge in [0.15, 0.2) is 11.8 Å². The lowest BCUT2D eigenvalue weighted by Gasteiger charge is -2.41. The number of ether oxygens (including phenoxy) is 3. The van der Waals surface area contributed by atoms with E-state index in [1.807, 2.05) is 50.4 Å². The molecule has 0 radical (unpaired) electrons. The molecule has 0 spiro atoms. The molecule has 11 heteroatoms. The summed E-state index contributed by atoms with van der Waals surface area (Å²) in [5, 5.41) is 5.18. The fourth-order valence-electron chi connectivity index (χ4n) is 6.66. The predicted octanol–water partition coefficient (Wildman–Crippen LogP) is 7.55. The number of fused-ring (bicyclic) bond motifs is 1. The van der Waals surface area contributed by atoms with Crippen LogP contribution in [0.15, 0.2) is 49.6 Å². The van der Waals surface area contributed by atoms with E-state index in [1.165, 1.54) is 0 Å². The highest BCUT2D eigenvalue weighted by atomic mass is 32.1. The molecular formula is C39H56FN5O4S. The number of carbonyl (C=O) groups excluding carboxylic acids is 1. The molecule has 3 aromatic rings. The molecule has 5 rings (SSSR count). The number of nitrogens with zero attached hydrogens (tertiary/aromatic N) is 5. The normalized spacial score (nSPS) is 16.7. The van der Waals surface area contributed by atoms with Crippen molar-refractivity contribution in [3.63, 3.8) is 0 Å². The summed E-state index contributed by atoms with van der Waals surface area (Å²) in [6.45, 7) is 22.8. The zero-order valence-corrected chi connectivity index (χ0v) is 31.8. The van der Waals surface area contributed by atoms with E-state index in [4.69, 9.17) is 24.3 Å². The average molecular weight is 710 g/mol. The minimum atomic E-state index is -0.986. The first-order valence-electron chi connectivity index (χ1n) is 17.7. The lowest BCUT2D eigenvalue weighted by molar-refractivity contribution is -0.166. The molecule has 50 heavy (non-hydrogen) atoms. The van der Waals surface area contributed by atoms with E-state index in [2.05, 4.69) is 29.9 Å². The molecule has 0 bridgehead atoms. The molecule has 1 aliphatic carbocycles. The lowest BCUT2D eigenvalue weighted by Crippen LogP contribution is -2.45. The summed E-state index contributed by atoms with van der Waals surface area (Å²) in [6.07, 6.45) is 8.06. The first-order valence-corrected chi connectivity index (χ1v) is 17.7. The van der Waals surface area contributed by atoms with E-state index in [9.17, 15) is 9.18 Å². The van der Waals surface area contributed by atoms with Crippen molar-refractivity contribution in [2.45, 2.75) is 117 Å². The summed E-state index contributed by atoms with van der Waals surface area (Å²) >= 11 is 0. The molecule has 2 aromatic heterocycles. The van der Waals surface area contributed by atoms with Crippen molar-refractivity contribution in [2.24, 2.45) is 0 Å². The van der Waals surface area contributed by atoms with E-state index < -0.39 is 17.7 Å². The average Bonchev–Trinajstić information content (AvgIpc) is 3.82. The Bertz CT molecular complexity index is 1640.